The average Bonchev–Trinajstić information content (AvgIpc) is 3.54. The molecule has 0 spiro atoms. The molecule has 2 heterocycles. The van der Waals surface area contributed by atoms with Gasteiger partial charge in [0.05, 0.1) is 6.54 Å². The Bertz CT molecular complexity index is 1280. The van der Waals surface area contributed by atoms with Gasteiger partial charge >= 0.3 is 5.69 Å². The molecule has 176 valence electrons. The van der Waals surface area contributed by atoms with Gasteiger partial charge in [-0.2, -0.15) is 0 Å². The summed E-state index contributed by atoms with van der Waals surface area (Å²) in [7, 11) is 0. The van der Waals surface area contributed by atoms with Gasteiger partial charge in [0.15, 0.2) is 5.82 Å². The lowest BCUT2D eigenvalue weighted by Gasteiger charge is -2.22. The van der Waals surface area contributed by atoms with Crippen LogP contribution < -0.4 is 5.69 Å². The Labute approximate surface area is 199 Å². The van der Waals surface area contributed by atoms with Crippen molar-refractivity contribution < 1.29 is 0 Å². The van der Waals surface area contributed by atoms with Crippen LogP contribution in [-0.4, -0.2) is 29.8 Å². The molecule has 0 radical (unpaired) electrons. The predicted octanol–water partition coefficient (Wildman–Crippen LogP) is 5.56. The van der Waals surface area contributed by atoms with E-state index in [0.29, 0.717) is 18.3 Å². The normalized spacial score (nSPS) is 15.5. The number of benzene rings is 2. The summed E-state index contributed by atoms with van der Waals surface area (Å²) in [6.45, 7) is 4.87. The van der Waals surface area contributed by atoms with Gasteiger partial charge in [-0.15, -0.1) is 5.10 Å². The van der Waals surface area contributed by atoms with Crippen molar-refractivity contribution in [3.8, 4) is 22.5 Å². The zero-order valence-electron chi connectivity index (χ0n) is 19.9. The molecule has 1 fully saturated rings. The molecular weight excluding hydrogens is 424 g/mol. The molecule has 5 rings (SSSR count). The third-order valence-corrected chi connectivity index (χ3v) is 7.26. The first-order chi connectivity index (χ1) is 16.7. The second-order valence-electron chi connectivity index (χ2n) is 9.41. The molecule has 0 saturated heterocycles. The lowest BCUT2D eigenvalue weighted by atomic mass is 9.87. The van der Waals surface area contributed by atoms with Crippen LogP contribution in [0.15, 0.2) is 59.5 Å². The molecule has 1 saturated carbocycles. The molecule has 1 aliphatic rings. The predicted molar refractivity (Wildman–Crippen MR) is 134 cm³/mol. The summed E-state index contributed by atoms with van der Waals surface area (Å²) in [6, 6.07) is 16.8. The number of H-pyrrole nitrogens is 1. The van der Waals surface area contributed by atoms with Crippen LogP contribution in [-0.2, 0) is 6.54 Å². The molecule has 0 aliphatic heterocycles. The number of hydrogen-bond acceptors (Lipinski definition) is 4. The molecule has 0 amide bonds. The maximum Gasteiger partial charge on any atom is 0.328 e. The first-order valence-corrected chi connectivity index (χ1v) is 12.4. The van der Waals surface area contributed by atoms with E-state index in [1.54, 1.807) is 0 Å². The number of nitrogens with zero attached hydrogens (tertiary/aromatic N) is 5. The number of tetrazole rings is 1. The summed E-state index contributed by atoms with van der Waals surface area (Å²) in [5.41, 5.74) is 5.56. The molecule has 2 aromatic carbocycles. The zero-order chi connectivity index (χ0) is 23.5. The summed E-state index contributed by atoms with van der Waals surface area (Å²) in [6.07, 6.45) is 9.25. The maximum absolute atomic E-state index is 13.4. The number of imidazole rings is 1. The van der Waals surface area contributed by atoms with E-state index in [1.807, 2.05) is 27.3 Å². The molecular formula is C27H32N6O. The molecule has 1 unspecified atom stereocenters. The second kappa shape index (κ2) is 9.79. The number of rotatable bonds is 7. The van der Waals surface area contributed by atoms with E-state index in [0.717, 1.165) is 28.7 Å². The Morgan fingerprint density at radius 2 is 1.76 bits per heavy atom. The van der Waals surface area contributed by atoms with Gasteiger partial charge in [-0.25, -0.2) is 9.89 Å². The fourth-order valence-electron chi connectivity index (χ4n) is 5.10. The topological polar surface area (TPSA) is 81.4 Å². The Balaban J connectivity index is 1.46. The SMILES string of the molecule is CCC(C)n1cc(C2CCCCC2)n(Cc2ccc(-c3ccccc3-c3nnn[nH]3)cc2)c1=O. The van der Waals surface area contributed by atoms with Crippen molar-refractivity contribution in [3.63, 3.8) is 0 Å². The largest absolute Gasteiger partial charge is 0.328 e. The minimum atomic E-state index is 0.113. The van der Waals surface area contributed by atoms with E-state index in [4.69, 9.17) is 0 Å². The second-order valence-corrected chi connectivity index (χ2v) is 9.41. The van der Waals surface area contributed by atoms with Gasteiger partial charge in [-0.3, -0.25) is 9.13 Å². The highest BCUT2D eigenvalue weighted by molar-refractivity contribution is 5.80. The van der Waals surface area contributed by atoms with Gasteiger partial charge in [0, 0.05) is 29.4 Å². The standard InChI is InChI=1S/C27H32N6O/c1-3-19(2)32-18-25(22-9-5-4-6-10-22)33(27(32)34)17-20-13-15-21(16-14-20)23-11-7-8-12-24(23)26-28-30-31-29-26/h7-8,11-16,18-19,22H,3-6,9-10,17H2,1-2H3,(H,28,29,30,31). The van der Waals surface area contributed by atoms with E-state index in [9.17, 15) is 4.79 Å². The lowest BCUT2D eigenvalue weighted by molar-refractivity contribution is 0.425. The van der Waals surface area contributed by atoms with Crippen LogP contribution >= 0.6 is 0 Å². The van der Waals surface area contributed by atoms with Crippen molar-refractivity contribution in [3.05, 3.63) is 76.5 Å². The molecule has 7 heteroatoms. The summed E-state index contributed by atoms with van der Waals surface area (Å²) in [4.78, 5) is 13.4. The van der Waals surface area contributed by atoms with Crippen LogP contribution in [0.2, 0.25) is 0 Å². The van der Waals surface area contributed by atoms with Crippen molar-refractivity contribution in [2.75, 3.05) is 0 Å². The minimum absolute atomic E-state index is 0.113. The quantitative estimate of drug-likeness (QED) is 0.394. The monoisotopic (exact) mass is 456 g/mol. The molecule has 34 heavy (non-hydrogen) atoms. The van der Waals surface area contributed by atoms with Crippen molar-refractivity contribution in [1.82, 2.24) is 29.8 Å². The van der Waals surface area contributed by atoms with E-state index < -0.39 is 0 Å². The van der Waals surface area contributed by atoms with Gasteiger partial charge in [-0.1, -0.05) is 74.7 Å². The van der Waals surface area contributed by atoms with Crippen molar-refractivity contribution in [1.29, 1.82) is 0 Å². The van der Waals surface area contributed by atoms with Crippen molar-refractivity contribution in [2.45, 2.75) is 70.9 Å². The number of nitrogens with one attached hydrogen (secondary N) is 1. The number of aromatic nitrogens is 6. The third-order valence-electron chi connectivity index (χ3n) is 7.26. The number of hydrogen-bond donors (Lipinski definition) is 1. The van der Waals surface area contributed by atoms with Gasteiger partial charge in [0.2, 0.25) is 0 Å². The smallest absolute Gasteiger partial charge is 0.296 e. The highest BCUT2D eigenvalue weighted by Crippen LogP contribution is 2.33. The van der Waals surface area contributed by atoms with Gasteiger partial charge in [0.1, 0.15) is 0 Å². The van der Waals surface area contributed by atoms with Crippen LogP contribution in [0.25, 0.3) is 22.5 Å². The van der Waals surface area contributed by atoms with E-state index in [-0.39, 0.29) is 11.7 Å². The zero-order valence-corrected chi connectivity index (χ0v) is 19.9. The van der Waals surface area contributed by atoms with E-state index >= 15 is 0 Å². The van der Waals surface area contributed by atoms with E-state index in [1.165, 1.54) is 37.8 Å². The lowest BCUT2D eigenvalue weighted by Crippen LogP contribution is -2.27. The highest BCUT2D eigenvalue weighted by atomic mass is 16.1. The Morgan fingerprint density at radius 3 is 2.44 bits per heavy atom. The third kappa shape index (κ3) is 4.34. The van der Waals surface area contributed by atoms with Crippen LogP contribution in [0.5, 0.6) is 0 Å². The van der Waals surface area contributed by atoms with Crippen molar-refractivity contribution >= 4 is 0 Å². The average molecular weight is 457 g/mol. The molecule has 2 aromatic heterocycles. The maximum atomic E-state index is 13.4. The summed E-state index contributed by atoms with van der Waals surface area (Å²) in [5.74, 6) is 1.13. The first-order valence-electron chi connectivity index (χ1n) is 12.4. The molecule has 4 aromatic rings. The minimum Gasteiger partial charge on any atom is -0.296 e. The van der Waals surface area contributed by atoms with Gasteiger partial charge < -0.3 is 0 Å². The fourth-order valence-corrected chi connectivity index (χ4v) is 5.10. The Hall–Kier alpha value is -3.48. The van der Waals surface area contributed by atoms with Gasteiger partial charge in [-0.05, 0) is 53.3 Å². The van der Waals surface area contributed by atoms with Crippen LogP contribution in [0, 0.1) is 0 Å². The first kappa shape index (κ1) is 22.3. The fraction of sp³-hybridized carbons (Fsp3) is 0.407. The highest BCUT2D eigenvalue weighted by Gasteiger charge is 2.23. The molecule has 7 nitrogen and oxygen atoms in total. The molecule has 1 aliphatic carbocycles. The van der Waals surface area contributed by atoms with Crippen LogP contribution in [0.4, 0.5) is 0 Å². The Kier molecular flexibility index (Phi) is 6.43. The van der Waals surface area contributed by atoms with E-state index in [2.05, 4.69) is 71.0 Å². The summed E-state index contributed by atoms with van der Waals surface area (Å²) in [5, 5.41) is 14.4. The van der Waals surface area contributed by atoms with Crippen LogP contribution in [0.1, 0.15) is 75.6 Å². The molecule has 0 bridgehead atoms. The summed E-state index contributed by atoms with van der Waals surface area (Å²) >= 11 is 0. The number of aromatic amines is 1. The molecule has 1 atom stereocenters. The van der Waals surface area contributed by atoms with Crippen molar-refractivity contribution in [2.24, 2.45) is 0 Å². The Morgan fingerprint density at radius 1 is 1.03 bits per heavy atom. The van der Waals surface area contributed by atoms with Gasteiger partial charge in [0.25, 0.3) is 0 Å². The summed E-state index contributed by atoms with van der Waals surface area (Å²) < 4.78 is 3.96. The molecule has 1 N–H and O–H groups in total. The van der Waals surface area contributed by atoms with Crippen LogP contribution in [0.3, 0.4) is 0 Å².